The molecule has 0 aliphatic heterocycles. The summed E-state index contributed by atoms with van der Waals surface area (Å²) < 4.78 is 0. The van der Waals surface area contributed by atoms with E-state index in [0.29, 0.717) is 12.0 Å². The highest BCUT2D eigenvalue weighted by Gasteiger charge is 1.99. The van der Waals surface area contributed by atoms with Gasteiger partial charge in [0.2, 0.25) is 0 Å². The van der Waals surface area contributed by atoms with Crippen molar-refractivity contribution in [1.82, 2.24) is 0 Å². The summed E-state index contributed by atoms with van der Waals surface area (Å²) in [6, 6.07) is 11.7. The molecule has 0 unspecified atom stereocenters. The lowest BCUT2D eigenvalue weighted by molar-refractivity contribution is -0.132. The zero-order chi connectivity index (χ0) is 19.2. The molecule has 0 aromatic heterocycles. The number of nitrogens with zero attached hydrogens (tertiary/aromatic N) is 1. The molecule has 0 saturated carbocycles. The van der Waals surface area contributed by atoms with Crippen LogP contribution in [0.3, 0.4) is 0 Å². The van der Waals surface area contributed by atoms with Crippen LogP contribution in [-0.4, -0.2) is 11.1 Å². The van der Waals surface area contributed by atoms with E-state index in [4.69, 9.17) is 10.4 Å². The van der Waals surface area contributed by atoms with Crippen molar-refractivity contribution in [3.05, 3.63) is 92.6 Å². The van der Waals surface area contributed by atoms with Crippen LogP contribution in [0.4, 0.5) is 0 Å². The van der Waals surface area contributed by atoms with E-state index in [1.165, 1.54) is 11.6 Å². The third kappa shape index (κ3) is 23.9. The van der Waals surface area contributed by atoms with Crippen LogP contribution in [-0.2, 0) is 4.79 Å². The molecular weight excluding hydrogens is 298 g/mol. The molecule has 128 valence electrons. The monoisotopic (exact) mass is 325 g/mol. The van der Waals surface area contributed by atoms with Gasteiger partial charge in [-0.25, -0.2) is 4.79 Å². The molecule has 0 bridgehead atoms. The Morgan fingerprint density at radius 3 is 1.79 bits per heavy atom. The smallest absolute Gasteiger partial charge is 0.330 e. The highest BCUT2D eigenvalue weighted by atomic mass is 16.4. The topological polar surface area (TPSA) is 61.1 Å². The Morgan fingerprint density at radius 2 is 1.62 bits per heavy atom. The van der Waals surface area contributed by atoms with Crippen molar-refractivity contribution in [2.75, 3.05) is 0 Å². The van der Waals surface area contributed by atoms with Crippen molar-refractivity contribution in [2.24, 2.45) is 0 Å². The van der Waals surface area contributed by atoms with E-state index >= 15 is 0 Å². The molecule has 0 radical (unpaired) electrons. The van der Waals surface area contributed by atoms with Crippen molar-refractivity contribution in [2.45, 2.75) is 19.8 Å². The molecule has 1 aromatic rings. The van der Waals surface area contributed by atoms with E-state index in [1.807, 2.05) is 43.3 Å². The summed E-state index contributed by atoms with van der Waals surface area (Å²) in [5.74, 6) is -0.883. The Bertz CT molecular complexity index is 531. The predicted molar refractivity (Wildman–Crippen MR) is 104 cm³/mol. The first-order chi connectivity index (χ1) is 11.4. The number of carboxylic acid groups (broad SMARTS) is 1. The molecule has 0 spiro atoms. The molecule has 0 atom stereocenters. The molecule has 24 heavy (non-hydrogen) atoms. The Hall–Kier alpha value is -3.12. The maximum Gasteiger partial charge on any atom is 0.330 e. The lowest BCUT2D eigenvalue weighted by atomic mass is 10.2. The van der Waals surface area contributed by atoms with Gasteiger partial charge in [0.15, 0.2) is 0 Å². The number of hydrogen-bond donors (Lipinski definition) is 1. The van der Waals surface area contributed by atoms with Crippen molar-refractivity contribution >= 4 is 12.0 Å². The molecule has 1 rings (SSSR count). The summed E-state index contributed by atoms with van der Waals surface area (Å²) in [6.07, 6.45) is 7.74. The van der Waals surface area contributed by atoms with Crippen LogP contribution in [0.2, 0.25) is 0 Å². The second kappa shape index (κ2) is 22.2. The lowest BCUT2D eigenvalue weighted by Gasteiger charge is -1.92. The van der Waals surface area contributed by atoms with Crippen LogP contribution in [0.1, 0.15) is 25.3 Å². The van der Waals surface area contributed by atoms with Crippen molar-refractivity contribution in [3.63, 3.8) is 0 Å². The third-order valence-corrected chi connectivity index (χ3v) is 2.15. The van der Waals surface area contributed by atoms with E-state index in [2.05, 4.69) is 32.9 Å². The van der Waals surface area contributed by atoms with Gasteiger partial charge in [0, 0.05) is 11.6 Å². The molecular formula is C21H27NO2. The van der Waals surface area contributed by atoms with Gasteiger partial charge >= 0.3 is 5.97 Å². The Balaban J connectivity index is -0.000000260. The van der Waals surface area contributed by atoms with E-state index in [1.54, 1.807) is 18.2 Å². The predicted octanol–water partition coefficient (Wildman–Crippen LogP) is 5.81. The highest BCUT2D eigenvalue weighted by Crippen LogP contribution is 1.99. The number of allylic oxidation sites excluding steroid dienone is 3. The zero-order valence-electron chi connectivity index (χ0n) is 14.4. The molecule has 0 fully saturated rings. The van der Waals surface area contributed by atoms with Gasteiger partial charge in [-0.3, -0.25) is 0 Å². The van der Waals surface area contributed by atoms with Crippen LogP contribution in [0.25, 0.3) is 6.08 Å². The highest BCUT2D eigenvalue weighted by molar-refractivity contribution is 5.85. The lowest BCUT2D eigenvalue weighted by Crippen LogP contribution is -1.97. The number of rotatable bonds is 5. The minimum Gasteiger partial charge on any atom is -0.478 e. The van der Waals surface area contributed by atoms with Crippen molar-refractivity contribution in [1.29, 1.82) is 5.26 Å². The van der Waals surface area contributed by atoms with Crippen LogP contribution < -0.4 is 0 Å². The minimum atomic E-state index is -0.883. The quantitative estimate of drug-likeness (QED) is 0.422. The molecule has 3 heteroatoms. The molecule has 0 aliphatic carbocycles. The van der Waals surface area contributed by atoms with Gasteiger partial charge < -0.3 is 5.11 Å². The molecule has 1 N–H and O–H groups in total. The summed E-state index contributed by atoms with van der Waals surface area (Å²) >= 11 is 0. The van der Waals surface area contributed by atoms with Crippen LogP contribution >= 0.6 is 0 Å². The second-order valence-corrected chi connectivity index (χ2v) is 4.08. The average Bonchev–Trinajstić information content (AvgIpc) is 2.63. The Kier molecular flexibility index (Phi) is 23.8. The Morgan fingerprint density at radius 1 is 1.17 bits per heavy atom. The van der Waals surface area contributed by atoms with Gasteiger partial charge in [-0.15, -0.1) is 0 Å². The van der Waals surface area contributed by atoms with E-state index < -0.39 is 5.97 Å². The summed E-state index contributed by atoms with van der Waals surface area (Å²) in [5, 5.41) is 15.7. The first kappa shape index (κ1) is 25.8. The van der Waals surface area contributed by atoms with Crippen molar-refractivity contribution in [3.8, 4) is 6.07 Å². The van der Waals surface area contributed by atoms with Gasteiger partial charge in [-0.05, 0) is 12.0 Å². The fraction of sp³-hybridized carbons (Fsp3) is 0.143. The molecule has 0 heterocycles. The fourth-order valence-corrected chi connectivity index (χ4v) is 0.998. The average molecular weight is 325 g/mol. The van der Waals surface area contributed by atoms with E-state index in [0.717, 1.165) is 6.42 Å². The fourth-order valence-electron chi connectivity index (χ4n) is 0.998. The maximum atomic E-state index is 9.99. The standard InChI is InChI=1S/C8H8.C6H10O2.C4H6.C3H3N/c1-2-8-6-4-3-5-7-8;1-3-4-5(2)6(7)8;1-3-4-2;1-2-3-4/h2-7H,1H2;2-4H2,1H3,(H,7,8);3-4H,1-2H2;2H,1H2. The summed E-state index contributed by atoms with van der Waals surface area (Å²) in [7, 11) is 0. The number of carbonyl (C=O) groups is 1. The zero-order valence-corrected chi connectivity index (χ0v) is 14.4. The number of carboxylic acids is 1. The molecule has 1 aromatic carbocycles. The van der Waals surface area contributed by atoms with Crippen molar-refractivity contribution < 1.29 is 9.90 Å². The second-order valence-electron chi connectivity index (χ2n) is 4.08. The van der Waals surface area contributed by atoms with Crippen LogP contribution in [0.5, 0.6) is 0 Å². The first-order valence-electron chi connectivity index (χ1n) is 7.27. The van der Waals surface area contributed by atoms with Gasteiger partial charge in [-0.1, -0.05) is 94.8 Å². The molecule has 0 saturated heterocycles. The first-order valence-corrected chi connectivity index (χ1v) is 7.27. The minimum absolute atomic E-state index is 0.299. The largest absolute Gasteiger partial charge is 0.478 e. The molecule has 0 aliphatic rings. The molecule has 3 nitrogen and oxygen atoms in total. The van der Waals surface area contributed by atoms with Gasteiger partial charge in [0.05, 0.1) is 6.07 Å². The van der Waals surface area contributed by atoms with Gasteiger partial charge in [-0.2, -0.15) is 5.26 Å². The van der Waals surface area contributed by atoms with E-state index in [9.17, 15) is 4.79 Å². The Labute approximate surface area is 146 Å². The number of benzene rings is 1. The SMILES string of the molecule is C=C(CCC)C(=O)O.C=CC#N.C=CC=C.C=Cc1ccccc1. The van der Waals surface area contributed by atoms with Gasteiger partial charge in [0.1, 0.15) is 0 Å². The van der Waals surface area contributed by atoms with Crippen LogP contribution in [0.15, 0.2) is 87.0 Å². The third-order valence-electron chi connectivity index (χ3n) is 2.15. The summed E-state index contributed by atoms with van der Waals surface area (Å²) in [6.45, 7) is 18.7. The number of nitriles is 1. The van der Waals surface area contributed by atoms with Crippen LogP contribution in [0, 0.1) is 11.3 Å². The van der Waals surface area contributed by atoms with Gasteiger partial charge in [0.25, 0.3) is 0 Å². The number of hydrogen-bond acceptors (Lipinski definition) is 2. The maximum absolute atomic E-state index is 9.99. The van der Waals surface area contributed by atoms with E-state index in [-0.39, 0.29) is 0 Å². The summed E-state index contributed by atoms with van der Waals surface area (Å²) in [4.78, 5) is 9.99. The number of aliphatic carboxylic acids is 1. The molecule has 0 amide bonds. The summed E-state index contributed by atoms with van der Waals surface area (Å²) in [5.41, 5.74) is 1.47. The normalized spacial score (nSPS) is 7.17.